The molecule has 0 amide bonds. The van der Waals surface area contributed by atoms with Crippen molar-refractivity contribution in [3.63, 3.8) is 0 Å². The van der Waals surface area contributed by atoms with Crippen LogP contribution in [0.3, 0.4) is 0 Å². The molecule has 1 aliphatic rings. The molecule has 4 rings (SSSR count). The molecule has 1 N–H and O–H groups in total. The Morgan fingerprint density at radius 1 is 1.18 bits per heavy atom. The predicted octanol–water partition coefficient (Wildman–Crippen LogP) is 5.29. The van der Waals surface area contributed by atoms with Crippen molar-refractivity contribution in [2.45, 2.75) is 26.3 Å². The molecule has 0 spiro atoms. The van der Waals surface area contributed by atoms with Crippen molar-refractivity contribution in [1.29, 1.82) is 0 Å². The first kappa shape index (κ1) is 19.0. The summed E-state index contributed by atoms with van der Waals surface area (Å²) < 4.78 is 12.3. The van der Waals surface area contributed by atoms with Gasteiger partial charge >= 0.3 is 0 Å². The van der Waals surface area contributed by atoms with E-state index >= 15 is 0 Å². The highest BCUT2D eigenvalue weighted by molar-refractivity contribution is 9.10. The summed E-state index contributed by atoms with van der Waals surface area (Å²) in [6, 6.07) is 10.5. The summed E-state index contributed by atoms with van der Waals surface area (Å²) in [5.41, 5.74) is 0.810. The van der Waals surface area contributed by atoms with E-state index in [0.717, 1.165) is 36.3 Å². The van der Waals surface area contributed by atoms with E-state index in [9.17, 15) is 9.90 Å². The number of hydrogen-bond donors (Lipinski definition) is 1. The van der Waals surface area contributed by atoms with E-state index in [0.29, 0.717) is 28.8 Å². The van der Waals surface area contributed by atoms with Crippen molar-refractivity contribution in [1.82, 2.24) is 4.90 Å². The molecule has 5 nitrogen and oxygen atoms in total. The molecule has 0 bridgehead atoms. The fourth-order valence-electron chi connectivity index (χ4n) is 3.54. The van der Waals surface area contributed by atoms with Crippen LogP contribution in [0.1, 0.15) is 25.3 Å². The van der Waals surface area contributed by atoms with Crippen LogP contribution in [-0.4, -0.2) is 23.1 Å². The Morgan fingerprint density at radius 3 is 2.68 bits per heavy atom. The molecule has 0 saturated carbocycles. The van der Waals surface area contributed by atoms with Gasteiger partial charge in [0, 0.05) is 6.54 Å². The van der Waals surface area contributed by atoms with Crippen molar-refractivity contribution in [3.8, 4) is 17.2 Å². The molecular weight excluding hydrogens is 422 g/mol. The van der Waals surface area contributed by atoms with Gasteiger partial charge in [0.2, 0.25) is 11.2 Å². The molecule has 146 valence electrons. The Kier molecular flexibility index (Phi) is 5.42. The number of rotatable bonds is 4. The molecule has 6 heteroatoms. The number of ether oxygens (including phenoxy) is 1. The fraction of sp³-hybridized carbons (Fsp3) is 0.318. The molecule has 2 aromatic carbocycles. The molecule has 0 atom stereocenters. The third-order valence-electron chi connectivity index (χ3n) is 5.30. The standard InChI is InChI=1S/C22H22BrNO4/c1-14-8-10-24(11-9-14)12-16-18(25)7-6-15-21(26)20(13-27-22(15)16)28-19-5-3-2-4-17(19)23/h2-7,13-14,25H,8-12H2,1H3. The zero-order valence-corrected chi connectivity index (χ0v) is 17.2. The van der Waals surface area contributed by atoms with E-state index in [2.05, 4.69) is 27.8 Å². The minimum Gasteiger partial charge on any atom is -0.507 e. The van der Waals surface area contributed by atoms with Gasteiger partial charge in [0.1, 0.15) is 23.3 Å². The van der Waals surface area contributed by atoms with Gasteiger partial charge in [-0.05, 0) is 72.0 Å². The average molecular weight is 444 g/mol. The second-order valence-corrected chi connectivity index (χ2v) is 8.21. The molecule has 1 aromatic heterocycles. The number of hydrogen-bond acceptors (Lipinski definition) is 5. The molecule has 0 radical (unpaired) electrons. The first-order valence-electron chi connectivity index (χ1n) is 9.44. The Bertz CT molecular complexity index is 1050. The molecule has 1 saturated heterocycles. The van der Waals surface area contributed by atoms with Crippen molar-refractivity contribution < 1.29 is 14.3 Å². The highest BCUT2D eigenvalue weighted by atomic mass is 79.9. The number of fused-ring (bicyclic) bond motifs is 1. The zero-order valence-electron chi connectivity index (χ0n) is 15.7. The first-order valence-corrected chi connectivity index (χ1v) is 10.2. The third kappa shape index (κ3) is 3.80. The number of phenols is 1. The average Bonchev–Trinajstić information content (AvgIpc) is 2.69. The van der Waals surface area contributed by atoms with Crippen LogP contribution >= 0.6 is 15.9 Å². The number of phenolic OH excluding ortho intramolecular Hbond substituents is 1. The Labute approximate surface area is 171 Å². The number of para-hydroxylation sites is 1. The number of piperidine rings is 1. The van der Waals surface area contributed by atoms with Crippen LogP contribution in [0.2, 0.25) is 0 Å². The summed E-state index contributed by atoms with van der Waals surface area (Å²) in [7, 11) is 0. The molecule has 1 fully saturated rings. The minimum atomic E-state index is -0.259. The summed E-state index contributed by atoms with van der Waals surface area (Å²) in [5.74, 6) is 1.53. The number of likely N-dealkylation sites (tertiary alicyclic amines) is 1. The van der Waals surface area contributed by atoms with E-state index in [1.807, 2.05) is 18.2 Å². The quantitative estimate of drug-likeness (QED) is 0.593. The molecule has 3 aromatic rings. The van der Waals surface area contributed by atoms with Crippen molar-refractivity contribution >= 4 is 26.9 Å². The van der Waals surface area contributed by atoms with Gasteiger partial charge in [-0.15, -0.1) is 0 Å². The number of aromatic hydroxyl groups is 1. The molecule has 0 aliphatic carbocycles. The van der Waals surface area contributed by atoms with Gasteiger partial charge in [-0.25, -0.2) is 0 Å². The Hall–Kier alpha value is -2.31. The molecule has 28 heavy (non-hydrogen) atoms. The van der Waals surface area contributed by atoms with Gasteiger partial charge in [0.15, 0.2) is 0 Å². The van der Waals surface area contributed by atoms with E-state index < -0.39 is 0 Å². The van der Waals surface area contributed by atoms with E-state index in [-0.39, 0.29) is 16.9 Å². The SMILES string of the molecule is CC1CCN(Cc2c(O)ccc3c(=O)c(Oc4ccccc4Br)coc23)CC1. The third-order valence-corrected chi connectivity index (χ3v) is 5.96. The maximum absolute atomic E-state index is 12.9. The summed E-state index contributed by atoms with van der Waals surface area (Å²) >= 11 is 3.41. The normalized spacial score (nSPS) is 15.8. The number of benzene rings is 2. The molecule has 0 unspecified atom stereocenters. The lowest BCUT2D eigenvalue weighted by Gasteiger charge is -2.30. The van der Waals surface area contributed by atoms with E-state index in [1.165, 1.54) is 6.26 Å². The van der Waals surface area contributed by atoms with Crippen LogP contribution in [-0.2, 0) is 6.54 Å². The minimum absolute atomic E-state index is 0.114. The van der Waals surface area contributed by atoms with Crippen LogP contribution in [0, 0.1) is 5.92 Å². The summed E-state index contributed by atoms with van der Waals surface area (Å²) in [4.78, 5) is 15.2. The van der Waals surface area contributed by atoms with Gasteiger partial charge < -0.3 is 14.3 Å². The molecule has 2 heterocycles. The second kappa shape index (κ2) is 7.97. The van der Waals surface area contributed by atoms with Crippen LogP contribution < -0.4 is 10.2 Å². The topological polar surface area (TPSA) is 62.9 Å². The fourth-order valence-corrected chi connectivity index (χ4v) is 3.91. The number of halogens is 1. The highest BCUT2D eigenvalue weighted by Crippen LogP contribution is 2.32. The lowest BCUT2D eigenvalue weighted by atomic mass is 9.98. The van der Waals surface area contributed by atoms with Gasteiger partial charge in [-0.1, -0.05) is 19.1 Å². The monoisotopic (exact) mass is 443 g/mol. The van der Waals surface area contributed by atoms with E-state index in [1.54, 1.807) is 18.2 Å². The first-order chi connectivity index (χ1) is 13.5. The lowest BCUT2D eigenvalue weighted by Crippen LogP contribution is -2.32. The molecular formula is C22H22BrNO4. The van der Waals surface area contributed by atoms with Gasteiger partial charge in [-0.3, -0.25) is 9.69 Å². The van der Waals surface area contributed by atoms with Crippen molar-refractivity contribution in [2.24, 2.45) is 5.92 Å². The summed E-state index contributed by atoms with van der Waals surface area (Å²) in [6.07, 6.45) is 3.60. The predicted molar refractivity (Wildman–Crippen MR) is 112 cm³/mol. The van der Waals surface area contributed by atoms with Crippen LogP contribution in [0.4, 0.5) is 0 Å². The summed E-state index contributed by atoms with van der Waals surface area (Å²) in [5, 5.41) is 10.8. The number of nitrogens with zero attached hydrogens (tertiary/aromatic N) is 1. The van der Waals surface area contributed by atoms with E-state index in [4.69, 9.17) is 9.15 Å². The largest absolute Gasteiger partial charge is 0.507 e. The maximum Gasteiger partial charge on any atom is 0.235 e. The molecule has 1 aliphatic heterocycles. The lowest BCUT2D eigenvalue weighted by molar-refractivity contribution is 0.184. The van der Waals surface area contributed by atoms with Crippen molar-refractivity contribution in [3.05, 3.63) is 62.9 Å². The highest BCUT2D eigenvalue weighted by Gasteiger charge is 2.21. The Balaban J connectivity index is 1.69. The smallest absolute Gasteiger partial charge is 0.235 e. The van der Waals surface area contributed by atoms with Crippen LogP contribution in [0.5, 0.6) is 17.2 Å². The van der Waals surface area contributed by atoms with Gasteiger partial charge in [-0.2, -0.15) is 0 Å². The summed E-state index contributed by atoms with van der Waals surface area (Å²) in [6.45, 7) is 4.77. The zero-order chi connectivity index (χ0) is 19.7. The van der Waals surface area contributed by atoms with Crippen LogP contribution in [0.25, 0.3) is 11.0 Å². The van der Waals surface area contributed by atoms with Crippen molar-refractivity contribution in [2.75, 3.05) is 13.1 Å². The Morgan fingerprint density at radius 2 is 1.93 bits per heavy atom. The van der Waals surface area contributed by atoms with Gasteiger partial charge in [0.05, 0.1) is 15.4 Å². The maximum atomic E-state index is 12.9. The second-order valence-electron chi connectivity index (χ2n) is 7.36. The van der Waals surface area contributed by atoms with Gasteiger partial charge in [0.25, 0.3) is 0 Å². The van der Waals surface area contributed by atoms with Crippen LogP contribution in [0.15, 0.2) is 56.3 Å².